The summed E-state index contributed by atoms with van der Waals surface area (Å²) in [6, 6.07) is 0. The van der Waals surface area contributed by atoms with Gasteiger partial charge in [0.2, 0.25) is 0 Å². The van der Waals surface area contributed by atoms with Gasteiger partial charge in [-0.05, 0) is 4.47 Å². The van der Waals surface area contributed by atoms with Gasteiger partial charge in [-0.3, -0.25) is 0 Å². The van der Waals surface area contributed by atoms with Crippen molar-refractivity contribution in [2.45, 2.75) is 0 Å². The first-order valence-electron chi connectivity index (χ1n) is 0.716. The summed E-state index contributed by atoms with van der Waals surface area (Å²) in [7, 11) is -2.64. The van der Waals surface area contributed by atoms with E-state index in [1.54, 1.807) is 4.47 Å². The normalized spacial score (nSPS) is 6.60. The molecule has 2 radical (unpaired) electrons. The molecule has 4 nitrogen and oxygen atoms in total. The Hall–Kier alpha value is -0.420. The van der Waals surface area contributed by atoms with Crippen LogP contribution in [0.3, 0.4) is 0 Å². The first-order chi connectivity index (χ1) is 2.27. The van der Waals surface area contributed by atoms with Crippen molar-refractivity contribution in [3.63, 3.8) is 0 Å². The zero-order valence-electron chi connectivity index (χ0n) is 2.12. The number of nitrogens with zero attached hydrogens (tertiary/aromatic N) is 2. The van der Waals surface area contributed by atoms with Crippen molar-refractivity contribution >= 4 is 10.5 Å². The summed E-state index contributed by atoms with van der Waals surface area (Å²) >= 11 is 0. The molecule has 0 aromatic carbocycles. The van der Waals surface area contributed by atoms with Gasteiger partial charge in [0.15, 0.2) is 0 Å². The van der Waals surface area contributed by atoms with E-state index >= 15 is 0 Å². The summed E-state index contributed by atoms with van der Waals surface area (Å²) in [6.07, 6.45) is 0. The Morgan fingerprint density at radius 1 is 1.60 bits per heavy atom. The second-order valence-electron chi connectivity index (χ2n) is 0.299. The van der Waals surface area contributed by atoms with Crippen molar-refractivity contribution in [2.24, 2.45) is 4.47 Å². The maximum absolute atomic E-state index is 8.95. The molecule has 0 heterocycles. The number of hydrogen-bond donors (Lipinski definition) is 0. The Balaban J connectivity index is 4.25. The van der Waals surface area contributed by atoms with Gasteiger partial charge in [0.1, 0.15) is 0 Å². The van der Waals surface area contributed by atoms with Crippen molar-refractivity contribution in [3.05, 3.63) is 0 Å². The third kappa shape index (κ3) is 3.58. The third-order valence-corrected chi connectivity index (χ3v) is 0.200. The molecule has 0 spiro atoms. The highest BCUT2D eigenvalue weighted by molar-refractivity contribution is 7.61. The standard InChI is InChI=1S/N2O2S/c1-2-5(3)4. The van der Waals surface area contributed by atoms with Crippen LogP contribution >= 0.6 is 0 Å². The summed E-state index contributed by atoms with van der Waals surface area (Å²) < 4.78 is 19.7. The summed E-state index contributed by atoms with van der Waals surface area (Å²) in [5.74, 6) is 7.16. The van der Waals surface area contributed by atoms with Crippen molar-refractivity contribution in [3.8, 4) is 0 Å². The van der Waals surface area contributed by atoms with E-state index in [1.807, 2.05) is 0 Å². The number of rotatable bonds is 0. The molecular weight excluding hydrogens is 92.1 g/mol. The van der Waals surface area contributed by atoms with Gasteiger partial charge in [-0.15, -0.1) is 0 Å². The van der Waals surface area contributed by atoms with E-state index < -0.39 is 10.5 Å². The lowest BCUT2D eigenvalue weighted by atomic mass is 13.0. The Bertz CT molecular complexity index is 111. The summed E-state index contributed by atoms with van der Waals surface area (Å²) in [5.41, 5.74) is 0. The van der Waals surface area contributed by atoms with Gasteiger partial charge >= 0.3 is 10.5 Å². The minimum atomic E-state index is -2.64. The van der Waals surface area contributed by atoms with Crippen LogP contribution in [0.5, 0.6) is 0 Å². The molecule has 0 saturated heterocycles. The molecule has 0 aliphatic rings. The largest absolute Gasteiger partial charge is 0.330 e. The Morgan fingerprint density at radius 2 is 1.80 bits per heavy atom. The Kier molecular flexibility index (Phi) is 1.70. The molecule has 0 amide bonds. The first-order valence-corrected chi connectivity index (χ1v) is 1.75. The smallest absolute Gasteiger partial charge is 0.162 e. The van der Waals surface area contributed by atoms with Crippen LogP contribution in [0.15, 0.2) is 4.47 Å². The van der Waals surface area contributed by atoms with Gasteiger partial charge in [0.05, 0.1) is 0 Å². The lowest BCUT2D eigenvalue weighted by Gasteiger charge is -1.35. The minimum Gasteiger partial charge on any atom is -0.162 e. The molecule has 0 unspecified atom stereocenters. The van der Waals surface area contributed by atoms with Gasteiger partial charge in [0, 0.05) is 5.84 Å². The maximum Gasteiger partial charge on any atom is 0.330 e. The molecule has 0 rings (SSSR count). The highest BCUT2D eigenvalue weighted by Crippen LogP contribution is 1.37. The van der Waals surface area contributed by atoms with Crippen LogP contribution in [-0.4, -0.2) is 8.42 Å². The topological polar surface area (TPSA) is 68.8 Å². The lowest BCUT2D eigenvalue weighted by Crippen LogP contribution is -1.52. The molecule has 0 atom stereocenters. The van der Waals surface area contributed by atoms with E-state index in [-0.39, 0.29) is 0 Å². The lowest BCUT2D eigenvalue weighted by molar-refractivity contribution is 0.620. The van der Waals surface area contributed by atoms with Crippen molar-refractivity contribution in [2.75, 3.05) is 0 Å². The Morgan fingerprint density at radius 3 is 1.80 bits per heavy atom. The maximum atomic E-state index is 8.95. The molecule has 0 bridgehead atoms. The van der Waals surface area contributed by atoms with Gasteiger partial charge in [-0.1, -0.05) is 0 Å². The molecule has 0 aliphatic heterocycles. The fraction of sp³-hybridized carbons (Fsp3) is 0. The monoisotopic (exact) mass is 92.0 g/mol. The molecule has 28 valence electrons. The van der Waals surface area contributed by atoms with Crippen LogP contribution in [0.4, 0.5) is 0 Å². The molecule has 0 aliphatic carbocycles. The van der Waals surface area contributed by atoms with E-state index in [0.29, 0.717) is 0 Å². The Labute approximate surface area is 30.3 Å². The van der Waals surface area contributed by atoms with Gasteiger partial charge in [-0.25, -0.2) is 0 Å². The van der Waals surface area contributed by atoms with E-state index in [2.05, 4.69) is 0 Å². The highest BCUT2D eigenvalue weighted by atomic mass is 32.2. The average Bonchev–Trinajstić information content (AvgIpc) is 1.38. The average molecular weight is 92.1 g/mol. The summed E-state index contributed by atoms with van der Waals surface area (Å²) in [6.45, 7) is 0. The molecule has 5 heavy (non-hydrogen) atoms. The van der Waals surface area contributed by atoms with E-state index in [0.717, 1.165) is 0 Å². The summed E-state index contributed by atoms with van der Waals surface area (Å²) in [5, 5.41) is 0. The van der Waals surface area contributed by atoms with Crippen molar-refractivity contribution in [1.29, 1.82) is 0 Å². The van der Waals surface area contributed by atoms with Crippen LogP contribution in [-0.2, 0) is 10.5 Å². The molecule has 0 N–H and O–H groups in total. The molecule has 5 heteroatoms. The van der Waals surface area contributed by atoms with Gasteiger partial charge < -0.3 is 0 Å². The van der Waals surface area contributed by atoms with Crippen LogP contribution in [0, 0.1) is 0 Å². The molecule has 0 fully saturated rings. The number of hydrogen-bond acceptors (Lipinski definition) is 3. The van der Waals surface area contributed by atoms with Gasteiger partial charge in [-0.2, -0.15) is 8.42 Å². The third-order valence-electron chi connectivity index (χ3n) is 0.0667. The second-order valence-corrected chi connectivity index (χ2v) is 0.896. The first kappa shape index (κ1) is 4.58. The SMILES string of the molecule is [N]N=S(=O)=O. The van der Waals surface area contributed by atoms with Gasteiger partial charge in [0.25, 0.3) is 0 Å². The van der Waals surface area contributed by atoms with E-state index in [4.69, 9.17) is 14.3 Å². The zero-order chi connectivity index (χ0) is 4.28. The van der Waals surface area contributed by atoms with Crippen LogP contribution in [0.2, 0.25) is 0 Å². The summed E-state index contributed by atoms with van der Waals surface area (Å²) in [4.78, 5) is 0. The van der Waals surface area contributed by atoms with Crippen LogP contribution in [0.1, 0.15) is 0 Å². The molecular formula is N2O2S. The fourth-order valence-electron chi connectivity index (χ4n) is 0. The molecule has 0 saturated carbocycles. The van der Waals surface area contributed by atoms with Crippen LogP contribution < -0.4 is 5.84 Å². The molecule has 0 aromatic heterocycles. The highest BCUT2D eigenvalue weighted by Gasteiger charge is 1.51. The predicted molar refractivity (Wildman–Crippen MR) is 13.5 cm³/mol. The zero-order valence-corrected chi connectivity index (χ0v) is 2.94. The fourth-order valence-corrected chi connectivity index (χ4v) is 0. The quantitative estimate of drug-likeness (QED) is 0.361. The van der Waals surface area contributed by atoms with E-state index in [9.17, 15) is 0 Å². The van der Waals surface area contributed by atoms with Crippen molar-refractivity contribution in [1.82, 2.24) is 5.84 Å². The van der Waals surface area contributed by atoms with Crippen LogP contribution in [0.25, 0.3) is 0 Å². The minimum absolute atomic E-state index is 1.81. The second kappa shape index (κ2) is 1.86. The predicted octanol–water partition coefficient (Wildman–Crippen LogP) is -0.967. The molecule has 0 aromatic rings. The van der Waals surface area contributed by atoms with Crippen molar-refractivity contribution < 1.29 is 8.42 Å². The van der Waals surface area contributed by atoms with E-state index in [1.165, 1.54) is 0 Å².